The molecule has 5 rings (SSSR count). The lowest BCUT2D eigenvalue weighted by atomic mass is 10.1. The number of para-hydroxylation sites is 1. The molecule has 0 saturated heterocycles. The summed E-state index contributed by atoms with van der Waals surface area (Å²) in [6, 6.07) is 15.3. The smallest absolute Gasteiger partial charge is 0.252 e. The van der Waals surface area contributed by atoms with Crippen molar-refractivity contribution in [2.45, 2.75) is 13.0 Å². The zero-order valence-corrected chi connectivity index (χ0v) is 16.4. The third kappa shape index (κ3) is 3.02. The molecule has 0 fully saturated rings. The zero-order valence-electron chi connectivity index (χ0n) is 16.4. The van der Waals surface area contributed by atoms with Crippen molar-refractivity contribution in [2.75, 3.05) is 23.8 Å². The van der Waals surface area contributed by atoms with Crippen LogP contribution in [0.15, 0.2) is 53.1 Å². The summed E-state index contributed by atoms with van der Waals surface area (Å²) in [6.45, 7) is 1.53. The van der Waals surface area contributed by atoms with Gasteiger partial charge in [-0.2, -0.15) is 0 Å². The monoisotopic (exact) mass is 400 g/mol. The van der Waals surface area contributed by atoms with Gasteiger partial charge in [0.25, 0.3) is 5.91 Å². The van der Waals surface area contributed by atoms with Gasteiger partial charge in [-0.3, -0.25) is 4.79 Å². The topological polar surface area (TPSA) is 110 Å². The number of hydrogen-bond acceptors (Lipinski definition) is 7. The zero-order chi connectivity index (χ0) is 20.7. The molecule has 0 aliphatic carbocycles. The van der Waals surface area contributed by atoms with Gasteiger partial charge in [0.1, 0.15) is 11.6 Å². The van der Waals surface area contributed by atoms with E-state index in [-0.39, 0.29) is 5.56 Å². The maximum absolute atomic E-state index is 11.7. The summed E-state index contributed by atoms with van der Waals surface area (Å²) in [5.41, 5.74) is 8.83. The Labute approximate surface area is 172 Å². The summed E-state index contributed by atoms with van der Waals surface area (Å²) in [7, 11) is 2.01. The van der Waals surface area contributed by atoms with Crippen LogP contribution in [0.25, 0.3) is 22.5 Å². The van der Waals surface area contributed by atoms with Crippen LogP contribution in [0.1, 0.15) is 21.5 Å². The lowest BCUT2D eigenvalue weighted by Gasteiger charge is -2.14. The van der Waals surface area contributed by atoms with E-state index < -0.39 is 5.91 Å². The molecule has 3 heterocycles. The van der Waals surface area contributed by atoms with Gasteiger partial charge in [-0.15, -0.1) is 0 Å². The molecule has 150 valence electrons. The molecular weight excluding hydrogens is 380 g/mol. The standard InChI is InChI=1S/C22H20N6O2/c1-28-11-10-16-20(24-12-13-6-3-2-4-7-13)25-21(26-22(16)28)17-14-8-5-9-15(19(23)29)18(14)30-27-17/h2-9H,10-12H2,1H3,(H2,23,29)(H,24,25,26). The Bertz CT molecular complexity index is 1250. The van der Waals surface area contributed by atoms with Crippen LogP contribution in [0.4, 0.5) is 11.6 Å². The van der Waals surface area contributed by atoms with Gasteiger partial charge in [0, 0.05) is 25.7 Å². The van der Waals surface area contributed by atoms with Crippen LogP contribution in [0.5, 0.6) is 0 Å². The molecule has 8 heteroatoms. The molecule has 1 aliphatic heterocycles. The summed E-state index contributed by atoms with van der Waals surface area (Å²) in [6.07, 6.45) is 0.870. The fourth-order valence-electron chi connectivity index (χ4n) is 3.75. The number of anilines is 2. The number of rotatable bonds is 5. The van der Waals surface area contributed by atoms with Crippen LogP contribution in [0, 0.1) is 0 Å². The van der Waals surface area contributed by atoms with Crippen LogP contribution in [-0.2, 0) is 13.0 Å². The number of hydrogen-bond donors (Lipinski definition) is 2. The van der Waals surface area contributed by atoms with E-state index in [1.54, 1.807) is 12.1 Å². The van der Waals surface area contributed by atoms with Crippen LogP contribution in [0.3, 0.4) is 0 Å². The first-order chi connectivity index (χ1) is 14.6. The number of nitrogens with one attached hydrogen (secondary N) is 1. The van der Waals surface area contributed by atoms with E-state index in [2.05, 4.69) is 27.5 Å². The number of fused-ring (bicyclic) bond motifs is 2. The second-order valence-corrected chi connectivity index (χ2v) is 7.29. The number of nitrogens with zero attached hydrogens (tertiary/aromatic N) is 4. The van der Waals surface area contributed by atoms with Gasteiger partial charge in [-0.1, -0.05) is 41.6 Å². The Morgan fingerprint density at radius 1 is 1.17 bits per heavy atom. The van der Waals surface area contributed by atoms with Gasteiger partial charge in [-0.05, 0) is 24.1 Å². The number of amides is 1. The number of carbonyl (C=O) groups excluding carboxylic acids is 1. The molecule has 4 aromatic rings. The van der Waals surface area contributed by atoms with Gasteiger partial charge in [-0.25, -0.2) is 9.97 Å². The maximum atomic E-state index is 11.7. The Morgan fingerprint density at radius 2 is 2.00 bits per heavy atom. The van der Waals surface area contributed by atoms with Crippen LogP contribution < -0.4 is 16.0 Å². The van der Waals surface area contributed by atoms with Gasteiger partial charge in [0.05, 0.1) is 10.9 Å². The number of carbonyl (C=O) groups is 1. The normalized spacial score (nSPS) is 12.9. The summed E-state index contributed by atoms with van der Waals surface area (Å²) < 4.78 is 5.45. The Morgan fingerprint density at radius 3 is 2.80 bits per heavy atom. The number of benzene rings is 2. The molecule has 1 amide bonds. The fourth-order valence-corrected chi connectivity index (χ4v) is 3.75. The van der Waals surface area contributed by atoms with E-state index in [1.165, 1.54) is 0 Å². The number of aromatic nitrogens is 3. The third-order valence-corrected chi connectivity index (χ3v) is 5.32. The molecule has 3 N–H and O–H groups in total. The Balaban J connectivity index is 1.60. The number of likely N-dealkylation sites (N-methyl/N-ethyl adjacent to an activating group) is 1. The number of primary amides is 1. The van der Waals surface area contributed by atoms with E-state index in [1.807, 2.05) is 31.3 Å². The first kappa shape index (κ1) is 18.1. The predicted octanol–water partition coefficient (Wildman–Crippen LogP) is 2.99. The highest BCUT2D eigenvalue weighted by Crippen LogP contribution is 2.35. The van der Waals surface area contributed by atoms with E-state index in [0.29, 0.717) is 29.0 Å². The minimum Gasteiger partial charge on any atom is -0.366 e. The van der Waals surface area contributed by atoms with Crippen molar-refractivity contribution in [3.8, 4) is 11.5 Å². The highest BCUT2D eigenvalue weighted by Gasteiger charge is 2.26. The largest absolute Gasteiger partial charge is 0.366 e. The van der Waals surface area contributed by atoms with Gasteiger partial charge in [0.2, 0.25) is 0 Å². The van der Waals surface area contributed by atoms with Crippen molar-refractivity contribution in [3.63, 3.8) is 0 Å². The molecule has 2 aromatic carbocycles. The van der Waals surface area contributed by atoms with E-state index in [9.17, 15) is 4.79 Å². The predicted molar refractivity (Wildman–Crippen MR) is 114 cm³/mol. The fraction of sp³-hybridized carbons (Fsp3) is 0.182. The second kappa shape index (κ2) is 7.14. The van der Waals surface area contributed by atoms with Crippen molar-refractivity contribution in [3.05, 3.63) is 65.2 Å². The summed E-state index contributed by atoms with van der Waals surface area (Å²) in [4.78, 5) is 23.3. The minimum atomic E-state index is -0.567. The van der Waals surface area contributed by atoms with Crippen molar-refractivity contribution in [1.82, 2.24) is 15.1 Å². The van der Waals surface area contributed by atoms with Crippen molar-refractivity contribution in [1.29, 1.82) is 0 Å². The van der Waals surface area contributed by atoms with Crippen LogP contribution >= 0.6 is 0 Å². The molecule has 2 aromatic heterocycles. The molecule has 1 aliphatic rings. The molecule has 0 spiro atoms. The highest BCUT2D eigenvalue weighted by atomic mass is 16.5. The van der Waals surface area contributed by atoms with Gasteiger partial charge >= 0.3 is 0 Å². The first-order valence-electron chi connectivity index (χ1n) is 9.70. The SMILES string of the molecule is CN1CCc2c(NCc3ccccc3)nc(-c3noc4c(C(N)=O)cccc34)nc21. The lowest BCUT2D eigenvalue weighted by molar-refractivity contribution is 0.100. The summed E-state index contributed by atoms with van der Waals surface area (Å²) in [5, 5.41) is 8.27. The minimum absolute atomic E-state index is 0.284. The first-order valence-corrected chi connectivity index (χ1v) is 9.70. The molecule has 8 nitrogen and oxygen atoms in total. The van der Waals surface area contributed by atoms with Crippen LogP contribution in [0.2, 0.25) is 0 Å². The van der Waals surface area contributed by atoms with E-state index >= 15 is 0 Å². The average molecular weight is 400 g/mol. The highest BCUT2D eigenvalue weighted by molar-refractivity contribution is 6.06. The van der Waals surface area contributed by atoms with Gasteiger partial charge in [0.15, 0.2) is 17.1 Å². The van der Waals surface area contributed by atoms with Crippen molar-refractivity contribution in [2.24, 2.45) is 5.73 Å². The Kier molecular flexibility index (Phi) is 4.31. The summed E-state index contributed by atoms with van der Waals surface area (Å²) in [5.74, 6) is 1.53. The molecule has 0 bridgehead atoms. The quantitative estimate of drug-likeness (QED) is 0.530. The molecule has 0 unspecified atom stereocenters. The summed E-state index contributed by atoms with van der Waals surface area (Å²) >= 11 is 0. The molecular formula is C22H20N6O2. The molecule has 0 atom stereocenters. The van der Waals surface area contributed by atoms with E-state index in [0.717, 1.165) is 35.7 Å². The van der Waals surface area contributed by atoms with Crippen molar-refractivity contribution >= 4 is 28.5 Å². The second-order valence-electron chi connectivity index (χ2n) is 7.29. The lowest BCUT2D eigenvalue weighted by Crippen LogP contribution is -2.14. The van der Waals surface area contributed by atoms with Gasteiger partial charge < -0.3 is 20.5 Å². The average Bonchev–Trinajstić information content (AvgIpc) is 3.36. The molecule has 0 saturated carbocycles. The van der Waals surface area contributed by atoms with Crippen LogP contribution in [-0.4, -0.2) is 34.6 Å². The molecule has 30 heavy (non-hydrogen) atoms. The number of nitrogens with two attached hydrogens (primary N) is 1. The van der Waals surface area contributed by atoms with Crippen molar-refractivity contribution < 1.29 is 9.32 Å². The Hall–Kier alpha value is -3.94. The third-order valence-electron chi connectivity index (χ3n) is 5.32. The molecule has 0 radical (unpaired) electrons. The maximum Gasteiger partial charge on any atom is 0.252 e. The van der Waals surface area contributed by atoms with E-state index in [4.69, 9.17) is 20.2 Å².